The van der Waals surface area contributed by atoms with Gasteiger partial charge >= 0.3 is 0 Å². The zero-order valence-corrected chi connectivity index (χ0v) is 17.1. The Morgan fingerprint density at radius 1 is 1.45 bits per heavy atom. The first-order valence-electron chi connectivity index (χ1n) is 6.90. The topological polar surface area (TPSA) is 96.6 Å². The summed E-state index contributed by atoms with van der Waals surface area (Å²) in [7, 11) is -3.47. The number of nitrogens with two attached hydrogens (primary N) is 1. The van der Waals surface area contributed by atoms with Crippen molar-refractivity contribution in [3.63, 3.8) is 0 Å². The Kier molecular flexibility index (Phi) is 10.2. The summed E-state index contributed by atoms with van der Waals surface area (Å²) in [5.74, 6) is 0.462. The van der Waals surface area contributed by atoms with E-state index in [0.717, 1.165) is 6.42 Å². The molecular weight excluding hydrogens is 435 g/mol. The number of rotatable bonds is 7. The molecule has 4 N–H and O–H groups in total. The predicted molar refractivity (Wildman–Crippen MR) is 105 cm³/mol. The highest BCUT2D eigenvalue weighted by atomic mass is 127. The van der Waals surface area contributed by atoms with E-state index in [1.165, 1.54) is 9.75 Å². The largest absolute Gasteiger partial charge is 0.357 e. The third-order valence-electron chi connectivity index (χ3n) is 2.68. The number of aryl methyl sites for hydroxylation is 1. The van der Waals surface area contributed by atoms with E-state index in [-0.39, 0.29) is 42.3 Å². The van der Waals surface area contributed by atoms with Gasteiger partial charge in [-0.25, -0.2) is 13.6 Å². The lowest BCUT2D eigenvalue weighted by atomic mass is 10.2. The molecule has 1 heterocycles. The first-order valence-corrected chi connectivity index (χ1v) is 9.44. The van der Waals surface area contributed by atoms with Crippen LogP contribution in [0.15, 0.2) is 17.1 Å². The van der Waals surface area contributed by atoms with Gasteiger partial charge in [-0.05, 0) is 32.9 Å². The summed E-state index contributed by atoms with van der Waals surface area (Å²) in [6.07, 6.45) is 0.901. The molecule has 0 saturated heterocycles. The van der Waals surface area contributed by atoms with Crippen LogP contribution < -0.4 is 15.8 Å². The zero-order valence-electron chi connectivity index (χ0n) is 13.1. The number of sulfonamides is 1. The first-order chi connectivity index (χ1) is 9.80. The van der Waals surface area contributed by atoms with Crippen molar-refractivity contribution < 1.29 is 8.42 Å². The number of guanidine groups is 1. The van der Waals surface area contributed by atoms with Crippen molar-refractivity contribution in [2.45, 2.75) is 33.2 Å². The van der Waals surface area contributed by atoms with Crippen LogP contribution in [0, 0.1) is 6.92 Å². The molecule has 6 nitrogen and oxygen atoms in total. The Balaban J connectivity index is 0.00000441. The molecule has 0 aliphatic rings. The SMILES string of the molecule is CCNC(=NCCS(N)(=O)=O)NC(C)Cc1ccc(C)s1.I. The van der Waals surface area contributed by atoms with Crippen LogP contribution in [0.3, 0.4) is 0 Å². The quantitative estimate of drug-likeness (QED) is 0.326. The van der Waals surface area contributed by atoms with Crippen LogP contribution in [0.5, 0.6) is 0 Å². The van der Waals surface area contributed by atoms with Crippen LogP contribution in [0.4, 0.5) is 0 Å². The van der Waals surface area contributed by atoms with Crippen molar-refractivity contribution in [2.24, 2.45) is 10.1 Å². The van der Waals surface area contributed by atoms with E-state index in [1.54, 1.807) is 11.3 Å². The molecule has 1 aromatic rings. The second-order valence-electron chi connectivity index (χ2n) is 4.89. The van der Waals surface area contributed by atoms with Crippen molar-refractivity contribution >= 4 is 51.3 Å². The van der Waals surface area contributed by atoms with Crippen molar-refractivity contribution in [2.75, 3.05) is 18.8 Å². The Hall–Kier alpha value is -0.390. The molecule has 0 fully saturated rings. The number of thiophene rings is 1. The van der Waals surface area contributed by atoms with E-state index in [9.17, 15) is 8.42 Å². The van der Waals surface area contributed by atoms with Gasteiger partial charge in [0.15, 0.2) is 5.96 Å². The van der Waals surface area contributed by atoms with Crippen molar-refractivity contribution in [3.8, 4) is 0 Å². The predicted octanol–water partition coefficient (Wildman–Crippen LogP) is 1.45. The highest BCUT2D eigenvalue weighted by Crippen LogP contribution is 2.16. The van der Waals surface area contributed by atoms with Gasteiger partial charge in [0.2, 0.25) is 10.0 Å². The van der Waals surface area contributed by atoms with E-state index in [2.05, 4.69) is 41.6 Å². The lowest BCUT2D eigenvalue weighted by Crippen LogP contribution is -2.43. The van der Waals surface area contributed by atoms with Gasteiger partial charge in [0.25, 0.3) is 0 Å². The monoisotopic (exact) mass is 460 g/mol. The van der Waals surface area contributed by atoms with Gasteiger partial charge in [0.1, 0.15) is 0 Å². The van der Waals surface area contributed by atoms with E-state index in [0.29, 0.717) is 12.5 Å². The summed E-state index contributed by atoms with van der Waals surface area (Å²) >= 11 is 1.78. The fraction of sp³-hybridized carbons (Fsp3) is 0.615. The fourth-order valence-corrected chi connectivity index (χ4v) is 3.15. The Morgan fingerprint density at radius 3 is 2.64 bits per heavy atom. The summed E-state index contributed by atoms with van der Waals surface area (Å²) in [5, 5.41) is 11.3. The third kappa shape index (κ3) is 9.59. The Labute approximate surface area is 154 Å². The van der Waals surface area contributed by atoms with Gasteiger partial charge in [0, 0.05) is 28.8 Å². The average molecular weight is 460 g/mol. The minimum absolute atomic E-state index is 0. The number of nitrogens with one attached hydrogen (secondary N) is 2. The van der Waals surface area contributed by atoms with Crippen LogP contribution in [-0.2, 0) is 16.4 Å². The summed E-state index contributed by atoms with van der Waals surface area (Å²) < 4.78 is 21.8. The molecule has 0 radical (unpaired) electrons. The summed E-state index contributed by atoms with van der Waals surface area (Å²) in [6, 6.07) is 4.44. The Morgan fingerprint density at radius 2 is 2.14 bits per heavy atom. The summed E-state index contributed by atoms with van der Waals surface area (Å²) in [6.45, 7) is 6.99. The number of hydrogen-bond acceptors (Lipinski definition) is 4. The van der Waals surface area contributed by atoms with Gasteiger partial charge in [0.05, 0.1) is 12.3 Å². The molecule has 0 aromatic carbocycles. The smallest absolute Gasteiger partial charge is 0.210 e. The highest BCUT2D eigenvalue weighted by Gasteiger charge is 2.08. The molecule has 1 unspecified atom stereocenters. The lowest BCUT2D eigenvalue weighted by Gasteiger charge is -2.17. The number of primary sulfonamides is 1. The van der Waals surface area contributed by atoms with Crippen molar-refractivity contribution in [3.05, 3.63) is 21.9 Å². The maximum atomic E-state index is 10.9. The number of aliphatic imine (C=N–C) groups is 1. The molecule has 0 aliphatic carbocycles. The third-order valence-corrected chi connectivity index (χ3v) is 4.45. The zero-order chi connectivity index (χ0) is 15.9. The van der Waals surface area contributed by atoms with Crippen LogP contribution in [0.1, 0.15) is 23.6 Å². The molecule has 1 aromatic heterocycles. The maximum Gasteiger partial charge on any atom is 0.210 e. The average Bonchev–Trinajstić information content (AvgIpc) is 2.73. The van der Waals surface area contributed by atoms with E-state index in [1.807, 2.05) is 6.92 Å². The summed E-state index contributed by atoms with van der Waals surface area (Å²) in [4.78, 5) is 6.83. The van der Waals surface area contributed by atoms with Gasteiger partial charge in [-0.2, -0.15) is 0 Å². The number of halogens is 1. The first kappa shape index (κ1) is 21.6. The van der Waals surface area contributed by atoms with Crippen LogP contribution >= 0.6 is 35.3 Å². The van der Waals surface area contributed by atoms with E-state index < -0.39 is 10.0 Å². The highest BCUT2D eigenvalue weighted by molar-refractivity contribution is 14.0. The van der Waals surface area contributed by atoms with E-state index >= 15 is 0 Å². The molecule has 0 aliphatic heterocycles. The molecule has 0 bridgehead atoms. The molecule has 0 spiro atoms. The van der Waals surface area contributed by atoms with Gasteiger partial charge < -0.3 is 10.6 Å². The number of hydrogen-bond donors (Lipinski definition) is 3. The van der Waals surface area contributed by atoms with Crippen molar-refractivity contribution in [1.29, 1.82) is 0 Å². The minimum Gasteiger partial charge on any atom is -0.357 e. The van der Waals surface area contributed by atoms with Gasteiger partial charge in [-0.15, -0.1) is 35.3 Å². The second kappa shape index (κ2) is 10.4. The van der Waals surface area contributed by atoms with Crippen LogP contribution in [0.25, 0.3) is 0 Å². The van der Waals surface area contributed by atoms with Gasteiger partial charge in [-0.3, -0.25) is 4.99 Å². The molecule has 1 rings (SSSR count). The second-order valence-corrected chi connectivity index (χ2v) is 8.00. The van der Waals surface area contributed by atoms with Gasteiger partial charge in [-0.1, -0.05) is 0 Å². The normalized spacial score (nSPS) is 13.4. The standard InChI is InChI=1S/C13H24N4O2S2.HI/c1-4-15-13(16-7-8-21(14,18)19)17-10(2)9-12-6-5-11(3)20-12;/h5-6,10H,4,7-9H2,1-3H3,(H2,14,18,19)(H2,15,16,17);1H. The van der Waals surface area contributed by atoms with E-state index in [4.69, 9.17) is 5.14 Å². The van der Waals surface area contributed by atoms with Crippen LogP contribution in [0.2, 0.25) is 0 Å². The molecule has 0 saturated carbocycles. The number of nitrogens with zero attached hydrogens (tertiary/aromatic N) is 1. The summed E-state index contributed by atoms with van der Waals surface area (Å²) in [5.41, 5.74) is 0. The molecule has 22 heavy (non-hydrogen) atoms. The fourth-order valence-electron chi connectivity index (χ4n) is 1.79. The van der Waals surface area contributed by atoms with Crippen LogP contribution in [-0.4, -0.2) is 39.3 Å². The van der Waals surface area contributed by atoms with Crippen molar-refractivity contribution in [1.82, 2.24) is 10.6 Å². The molecule has 1 atom stereocenters. The minimum atomic E-state index is -3.47. The molecular formula is C13H25IN4O2S2. The Bertz CT molecular complexity index is 572. The molecule has 0 amide bonds. The maximum absolute atomic E-state index is 10.9. The molecule has 9 heteroatoms. The molecule has 128 valence electrons. The lowest BCUT2D eigenvalue weighted by molar-refractivity contribution is 0.597.